The zero-order valence-electron chi connectivity index (χ0n) is 11.9. The summed E-state index contributed by atoms with van der Waals surface area (Å²) in [5.41, 5.74) is 4.34. The van der Waals surface area contributed by atoms with E-state index in [2.05, 4.69) is 0 Å². The maximum absolute atomic E-state index is 12.4. The molecule has 0 fully saturated rings. The van der Waals surface area contributed by atoms with Crippen LogP contribution in [0.4, 0.5) is 0 Å². The van der Waals surface area contributed by atoms with Crippen molar-refractivity contribution in [1.82, 2.24) is 0 Å². The van der Waals surface area contributed by atoms with Crippen LogP contribution in [0.1, 0.15) is 48.5 Å². The molecular formula is C11H26NO4P. The fraction of sp³-hybridized carbons (Fsp3) is 1.00. The van der Waals surface area contributed by atoms with E-state index < -0.39 is 19.0 Å². The molecule has 17 heavy (non-hydrogen) atoms. The van der Waals surface area contributed by atoms with Crippen molar-refractivity contribution in [3.63, 3.8) is 0 Å². The lowest BCUT2D eigenvalue weighted by atomic mass is 10.2. The van der Waals surface area contributed by atoms with E-state index in [1.165, 1.54) is 0 Å². The molecule has 0 amide bonds. The van der Waals surface area contributed by atoms with Crippen LogP contribution in [0.15, 0.2) is 0 Å². The topological polar surface area (TPSA) is 70.8 Å². The van der Waals surface area contributed by atoms with Gasteiger partial charge in [-0.1, -0.05) is 0 Å². The maximum atomic E-state index is 12.4. The first-order valence-corrected chi connectivity index (χ1v) is 7.21. The monoisotopic (exact) mass is 267 g/mol. The summed E-state index contributed by atoms with van der Waals surface area (Å²) >= 11 is 0. The SMILES string of the molecule is C[C@@H](N)COP(=O)(OC(C)(C)C)OC(C)(C)C. The molecule has 104 valence electrons. The lowest BCUT2D eigenvalue weighted by Gasteiger charge is -2.31. The molecule has 0 heterocycles. The summed E-state index contributed by atoms with van der Waals surface area (Å²) in [5, 5.41) is 0. The van der Waals surface area contributed by atoms with E-state index in [1.807, 2.05) is 0 Å². The normalized spacial score (nSPS) is 16.0. The van der Waals surface area contributed by atoms with Crippen LogP contribution in [-0.4, -0.2) is 23.9 Å². The Morgan fingerprint density at radius 1 is 1.06 bits per heavy atom. The molecule has 5 nitrogen and oxygen atoms in total. The Hall–Kier alpha value is 0.0700. The summed E-state index contributed by atoms with van der Waals surface area (Å²) in [4.78, 5) is 0. The largest absolute Gasteiger partial charge is 0.475 e. The summed E-state index contributed by atoms with van der Waals surface area (Å²) < 4.78 is 28.5. The molecule has 2 N–H and O–H groups in total. The van der Waals surface area contributed by atoms with Gasteiger partial charge in [0, 0.05) is 6.04 Å². The minimum Gasteiger partial charge on any atom is -0.326 e. The minimum atomic E-state index is -3.60. The number of hydrogen-bond acceptors (Lipinski definition) is 5. The predicted molar refractivity (Wildman–Crippen MR) is 68.9 cm³/mol. The highest BCUT2D eigenvalue weighted by molar-refractivity contribution is 7.48. The highest BCUT2D eigenvalue weighted by Gasteiger charge is 2.37. The Labute approximate surface area is 105 Å². The van der Waals surface area contributed by atoms with Gasteiger partial charge >= 0.3 is 7.82 Å². The van der Waals surface area contributed by atoms with E-state index in [4.69, 9.17) is 19.3 Å². The van der Waals surface area contributed by atoms with Crippen LogP contribution >= 0.6 is 7.82 Å². The van der Waals surface area contributed by atoms with Gasteiger partial charge in [0.2, 0.25) is 0 Å². The highest BCUT2D eigenvalue weighted by atomic mass is 31.2. The summed E-state index contributed by atoms with van der Waals surface area (Å²) in [6.07, 6.45) is 0. The number of nitrogens with two attached hydrogens (primary N) is 1. The quantitative estimate of drug-likeness (QED) is 0.775. The number of phosphoric acid groups is 1. The van der Waals surface area contributed by atoms with Crippen LogP contribution in [0.3, 0.4) is 0 Å². The standard InChI is InChI=1S/C11H26NO4P/c1-9(12)8-14-17(13,15-10(2,3)4)16-11(5,6)7/h9H,8,12H2,1-7H3/t9-/m1/s1. The van der Waals surface area contributed by atoms with E-state index in [0.717, 1.165) is 0 Å². The van der Waals surface area contributed by atoms with E-state index >= 15 is 0 Å². The Morgan fingerprint density at radius 3 is 1.65 bits per heavy atom. The molecule has 1 atom stereocenters. The van der Waals surface area contributed by atoms with Crippen molar-refractivity contribution < 1.29 is 18.1 Å². The third-order valence-corrected chi connectivity index (χ3v) is 3.27. The molecule has 0 aromatic heterocycles. The van der Waals surface area contributed by atoms with Gasteiger partial charge in [0.05, 0.1) is 17.8 Å². The van der Waals surface area contributed by atoms with Gasteiger partial charge in [-0.15, -0.1) is 0 Å². The fourth-order valence-corrected chi connectivity index (χ4v) is 2.85. The summed E-state index contributed by atoms with van der Waals surface area (Å²) in [5.74, 6) is 0. The molecule has 0 saturated heterocycles. The van der Waals surface area contributed by atoms with Gasteiger partial charge in [-0.25, -0.2) is 4.57 Å². The van der Waals surface area contributed by atoms with Crippen molar-refractivity contribution in [2.45, 2.75) is 65.7 Å². The third-order valence-electron chi connectivity index (χ3n) is 1.27. The van der Waals surface area contributed by atoms with E-state index in [0.29, 0.717) is 0 Å². The third kappa shape index (κ3) is 9.74. The van der Waals surface area contributed by atoms with Crippen LogP contribution in [0.2, 0.25) is 0 Å². The van der Waals surface area contributed by atoms with Gasteiger partial charge in [-0.3, -0.25) is 13.6 Å². The lowest BCUT2D eigenvalue weighted by Crippen LogP contribution is -2.27. The zero-order valence-corrected chi connectivity index (χ0v) is 12.8. The fourth-order valence-electron chi connectivity index (χ4n) is 0.951. The lowest BCUT2D eigenvalue weighted by molar-refractivity contribution is 0.00223. The van der Waals surface area contributed by atoms with Crippen LogP contribution in [0.25, 0.3) is 0 Å². The van der Waals surface area contributed by atoms with Crippen molar-refractivity contribution in [3.05, 3.63) is 0 Å². The van der Waals surface area contributed by atoms with Gasteiger partial charge in [0.1, 0.15) is 0 Å². The second-order valence-corrected chi connectivity index (χ2v) is 7.65. The summed E-state index contributed by atoms with van der Waals surface area (Å²) in [7, 11) is -3.60. The van der Waals surface area contributed by atoms with Crippen molar-refractivity contribution in [1.29, 1.82) is 0 Å². The molecule has 0 aliphatic heterocycles. The molecule has 0 aromatic rings. The molecule has 0 rings (SSSR count). The molecule has 0 unspecified atom stereocenters. The molecular weight excluding hydrogens is 241 g/mol. The smallest absolute Gasteiger partial charge is 0.326 e. The minimum absolute atomic E-state index is 0.128. The molecule has 0 aliphatic carbocycles. The van der Waals surface area contributed by atoms with Crippen molar-refractivity contribution in [2.24, 2.45) is 5.73 Å². The Balaban J connectivity index is 4.76. The van der Waals surface area contributed by atoms with Crippen molar-refractivity contribution in [3.8, 4) is 0 Å². The molecule has 0 saturated carbocycles. The van der Waals surface area contributed by atoms with Crippen LogP contribution in [0, 0.1) is 0 Å². The molecule has 6 heteroatoms. The molecule has 0 radical (unpaired) electrons. The van der Waals surface area contributed by atoms with Gasteiger partial charge in [0.25, 0.3) is 0 Å². The molecule has 0 spiro atoms. The van der Waals surface area contributed by atoms with Gasteiger partial charge in [0.15, 0.2) is 0 Å². The Kier molecular flexibility index (Phi) is 5.83. The number of hydrogen-bond donors (Lipinski definition) is 1. The summed E-state index contributed by atoms with van der Waals surface area (Å²) in [6, 6.07) is -0.226. The van der Waals surface area contributed by atoms with Gasteiger partial charge in [-0.2, -0.15) is 0 Å². The molecule has 0 aliphatic rings. The van der Waals surface area contributed by atoms with Crippen LogP contribution in [0.5, 0.6) is 0 Å². The molecule has 0 aromatic carbocycles. The van der Waals surface area contributed by atoms with Crippen LogP contribution < -0.4 is 5.73 Å². The number of phosphoric ester groups is 1. The average molecular weight is 267 g/mol. The van der Waals surface area contributed by atoms with E-state index in [-0.39, 0.29) is 12.6 Å². The second kappa shape index (κ2) is 5.81. The average Bonchev–Trinajstić information content (AvgIpc) is 1.93. The summed E-state index contributed by atoms with van der Waals surface area (Å²) in [6.45, 7) is 12.6. The zero-order chi connectivity index (χ0) is 13.9. The highest BCUT2D eigenvalue weighted by Crippen LogP contribution is 2.55. The van der Waals surface area contributed by atoms with E-state index in [9.17, 15) is 4.57 Å². The van der Waals surface area contributed by atoms with Gasteiger partial charge < -0.3 is 5.73 Å². The first-order valence-electron chi connectivity index (χ1n) is 5.75. The Morgan fingerprint density at radius 2 is 1.41 bits per heavy atom. The predicted octanol–water partition coefficient (Wildman–Crippen LogP) is 3.09. The van der Waals surface area contributed by atoms with Crippen LogP contribution in [-0.2, 0) is 18.1 Å². The first-order chi connectivity index (χ1) is 7.33. The Bertz CT molecular complexity index is 258. The first kappa shape index (κ1) is 17.1. The second-order valence-electron chi connectivity index (χ2n) is 6.13. The maximum Gasteiger partial charge on any atom is 0.475 e. The van der Waals surface area contributed by atoms with E-state index in [1.54, 1.807) is 48.5 Å². The van der Waals surface area contributed by atoms with Crippen molar-refractivity contribution >= 4 is 7.82 Å². The van der Waals surface area contributed by atoms with Gasteiger partial charge in [-0.05, 0) is 48.5 Å². The number of rotatable bonds is 5. The van der Waals surface area contributed by atoms with Crippen molar-refractivity contribution in [2.75, 3.05) is 6.61 Å². The molecule has 0 bridgehead atoms.